The Balaban J connectivity index is 1.59. The van der Waals surface area contributed by atoms with Crippen LogP contribution in [0.2, 0.25) is 0 Å². The van der Waals surface area contributed by atoms with Crippen molar-refractivity contribution in [1.82, 2.24) is 19.7 Å². The third kappa shape index (κ3) is 3.48. The van der Waals surface area contributed by atoms with E-state index in [0.29, 0.717) is 25.2 Å². The maximum absolute atomic E-state index is 14.1. The van der Waals surface area contributed by atoms with Gasteiger partial charge in [-0.25, -0.2) is 8.78 Å². The molecular weight excluding hydrogens is 446 g/mol. The fourth-order valence-corrected chi connectivity index (χ4v) is 5.52. The fourth-order valence-electron chi connectivity index (χ4n) is 5.52. The molecule has 2 amide bonds. The molecule has 0 spiro atoms. The molecule has 3 aliphatic heterocycles. The quantitative estimate of drug-likeness (QED) is 0.697. The summed E-state index contributed by atoms with van der Waals surface area (Å²) in [7, 11) is 0. The monoisotopic (exact) mass is 472 g/mol. The third-order valence-corrected chi connectivity index (χ3v) is 7.16. The highest BCUT2D eigenvalue weighted by molar-refractivity contribution is 6.00. The normalized spacial score (nSPS) is 21.7. The molecule has 5 rings (SSSR count). The molecule has 0 radical (unpaired) electrons. The zero-order valence-electron chi connectivity index (χ0n) is 18.8. The van der Waals surface area contributed by atoms with Crippen LogP contribution in [0, 0.1) is 11.6 Å². The average molecular weight is 472 g/mol. The third-order valence-electron chi connectivity index (χ3n) is 7.16. The zero-order valence-corrected chi connectivity index (χ0v) is 18.8. The number of hydrogen-bond acceptors (Lipinski definition) is 5. The van der Waals surface area contributed by atoms with Gasteiger partial charge in [0, 0.05) is 31.3 Å². The molecule has 10 heteroatoms. The van der Waals surface area contributed by atoms with Crippen molar-refractivity contribution in [2.24, 2.45) is 0 Å². The Morgan fingerprint density at radius 1 is 1.21 bits per heavy atom. The van der Waals surface area contributed by atoms with Crippen LogP contribution in [0.15, 0.2) is 23.0 Å². The van der Waals surface area contributed by atoms with E-state index in [1.165, 1.54) is 6.07 Å². The number of benzene rings is 1. The average Bonchev–Trinajstić information content (AvgIpc) is 3.46. The van der Waals surface area contributed by atoms with Crippen molar-refractivity contribution >= 4 is 11.8 Å². The van der Waals surface area contributed by atoms with Crippen LogP contribution < -0.4 is 10.7 Å². The number of rotatable bonds is 5. The van der Waals surface area contributed by atoms with Gasteiger partial charge in [0.1, 0.15) is 17.2 Å². The predicted molar refractivity (Wildman–Crippen MR) is 119 cm³/mol. The van der Waals surface area contributed by atoms with Gasteiger partial charge >= 0.3 is 0 Å². The van der Waals surface area contributed by atoms with Crippen molar-refractivity contribution in [3.8, 4) is 5.75 Å². The van der Waals surface area contributed by atoms with Gasteiger partial charge in [0.2, 0.25) is 5.43 Å². The van der Waals surface area contributed by atoms with Gasteiger partial charge in [-0.2, -0.15) is 0 Å². The molecule has 0 bridgehead atoms. The van der Waals surface area contributed by atoms with E-state index in [1.807, 2.05) is 6.92 Å². The Bertz CT molecular complexity index is 1240. The largest absolute Gasteiger partial charge is 0.503 e. The lowest BCUT2D eigenvalue weighted by atomic mass is 10.0. The van der Waals surface area contributed by atoms with E-state index in [1.54, 1.807) is 9.47 Å². The highest BCUT2D eigenvalue weighted by Gasteiger charge is 2.46. The lowest BCUT2D eigenvalue weighted by molar-refractivity contribution is 0.0672. The lowest BCUT2D eigenvalue weighted by Crippen LogP contribution is -2.44. The minimum absolute atomic E-state index is 0.0659. The van der Waals surface area contributed by atoms with E-state index in [4.69, 9.17) is 0 Å². The van der Waals surface area contributed by atoms with Crippen molar-refractivity contribution in [2.75, 3.05) is 26.2 Å². The number of carbonyl (C=O) groups is 2. The highest BCUT2D eigenvalue weighted by Crippen LogP contribution is 2.45. The van der Waals surface area contributed by atoms with E-state index in [0.717, 1.165) is 38.1 Å². The van der Waals surface area contributed by atoms with Crippen LogP contribution in [-0.4, -0.2) is 57.5 Å². The molecule has 180 valence electrons. The number of likely N-dealkylation sites (N-methyl/N-ethyl adjacent to an activating group) is 1. The first-order valence-electron chi connectivity index (χ1n) is 11.6. The van der Waals surface area contributed by atoms with Crippen molar-refractivity contribution in [2.45, 2.75) is 44.8 Å². The number of carbonyl (C=O) groups excluding carboxylic acids is 2. The first-order valence-corrected chi connectivity index (χ1v) is 11.6. The Kier molecular flexibility index (Phi) is 5.63. The molecule has 1 fully saturated rings. The molecule has 34 heavy (non-hydrogen) atoms. The Labute approximate surface area is 194 Å². The number of nitrogens with zero attached hydrogens (tertiary/aromatic N) is 3. The van der Waals surface area contributed by atoms with Crippen LogP contribution in [0.25, 0.3) is 0 Å². The summed E-state index contributed by atoms with van der Waals surface area (Å²) >= 11 is 0. The van der Waals surface area contributed by atoms with Crippen LogP contribution in [0.1, 0.15) is 70.4 Å². The van der Waals surface area contributed by atoms with E-state index >= 15 is 0 Å². The van der Waals surface area contributed by atoms with E-state index in [9.17, 15) is 28.3 Å². The van der Waals surface area contributed by atoms with Gasteiger partial charge in [0.25, 0.3) is 11.8 Å². The Morgan fingerprint density at radius 3 is 2.62 bits per heavy atom. The van der Waals surface area contributed by atoms with Gasteiger partial charge in [0.05, 0.1) is 17.8 Å². The second-order valence-corrected chi connectivity index (χ2v) is 9.07. The summed E-state index contributed by atoms with van der Waals surface area (Å²) in [5.74, 6) is -3.47. The van der Waals surface area contributed by atoms with E-state index in [2.05, 4.69) is 10.2 Å². The molecule has 2 aromatic rings. The van der Waals surface area contributed by atoms with Crippen molar-refractivity contribution in [3.63, 3.8) is 0 Å². The smallest absolute Gasteiger partial charge is 0.274 e. The van der Waals surface area contributed by atoms with Gasteiger partial charge in [-0.1, -0.05) is 6.07 Å². The van der Waals surface area contributed by atoms with Crippen LogP contribution in [0.3, 0.4) is 0 Å². The van der Waals surface area contributed by atoms with Gasteiger partial charge < -0.3 is 19.9 Å². The predicted octanol–water partition coefficient (Wildman–Crippen LogP) is 2.32. The maximum atomic E-state index is 14.1. The molecule has 1 saturated heterocycles. The Hall–Kier alpha value is -3.27. The van der Waals surface area contributed by atoms with Crippen molar-refractivity contribution in [3.05, 3.63) is 62.6 Å². The summed E-state index contributed by atoms with van der Waals surface area (Å²) in [4.78, 5) is 43.4. The molecule has 0 saturated carbocycles. The number of likely N-dealkylation sites (tertiary alicyclic amines) is 1. The molecular formula is C24H26F2N4O4. The lowest BCUT2D eigenvalue weighted by Gasteiger charge is -2.33. The first kappa shape index (κ1) is 22.5. The minimum Gasteiger partial charge on any atom is -0.503 e. The molecule has 2 N–H and O–H groups in total. The van der Waals surface area contributed by atoms with Crippen molar-refractivity contribution in [1.29, 1.82) is 0 Å². The summed E-state index contributed by atoms with van der Waals surface area (Å²) in [6.45, 7) is 4.09. The summed E-state index contributed by atoms with van der Waals surface area (Å²) < 4.78 is 29.0. The molecule has 4 heterocycles. The van der Waals surface area contributed by atoms with Gasteiger partial charge in [-0.05, 0) is 45.3 Å². The van der Waals surface area contributed by atoms with Crippen LogP contribution in [0.5, 0.6) is 5.75 Å². The van der Waals surface area contributed by atoms with Gasteiger partial charge in [-0.15, -0.1) is 0 Å². The molecule has 2 atom stereocenters. The summed E-state index contributed by atoms with van der Waals surface area (Å²) in [5, 5.41) is 13.3. The highest BCUT2D eigenvalue weighted by atomic mass is 19.1. The topological polar surface area (TPSA) is 94.9 Å². The first-order chi connectivity index (χ1) is 16.3. The number of nitrogens with one attached hydrogen (secondary N) is 1. The molecule has 8 nitrogen and oxygen atoms in total. The standard InChI is InChI=1S/C24H26F2N4O4/c1-2-28-12-15-10-17(29-7-3-4-8-29)19-18(21(31)22(32)20(24(28)34)30(15)19)23(33)27-11-13-5-6-14(25)9-16(13)26/h5-6,9,15,17,32H,2-4,7-8,10-12H2,1H3,(H,27,33). The summed E-state index contributed by atoms with van der Waals surface area (Å²) in [6.07, 6.45) is 2.62. The van der Waals surface area contributed by atoms with Gasteiger partial charge in [0.15, 0.2) is 11.4 Å². The summed E-state index contributed by atoms with van der Waals surface area (Å²) in [5.41, 5.74) is -0.696. The maximum Gasteiger partial charge on any atom is 0.274 e. The molecule has 2 unspecified atom stereocenters. The number of aromatic hydroxyl groups is 1. The van der Waals surface area contributed by atoms with Crippen LogP contribution in [0.4, 0.5) is 8.78 Å². The molecule has 1 aromatic carbocycles. The van der Waals surface area contributed by atoms with Crippen LogP contribution in [-0.2, 0) is 6.54 Å². The number of aromatic nitrogens is 1. The SMILES string of the molecule is CCN1CC2CC(N3CCCC3)c3c(C(=O)NCc4ccc(F)cc4F)c(=O)c(O)c(n32)C1=O. The number of hydrogen-bond donors (Lipinski definition) is 2. The molecule has 3 aliphatic rings. The number of amides is 2. The van der Waals surface area contributed by atoms with Gasteiger partial charge in [-0.3, -0.25) is 19.3 Å². The fraction of sp³-hybridized carbons (Fsp3) is 0.458. The second kappa shape index (κ2) is 8.50. The molecule has 0 aliphatic carbocycles. The van der Waals surface area contributed by atoms with Crippen molar-refractivity contribution < 1.29 is 23.5 Å². The number of pyridine rings is 1. The van der Waals surface area contributed by atoms with Crippen LogP contribution >= 0.6 is 0 Å². The zero-order chi connectivity index (χ0) is 24.1. The Morgan fingerprint density at radius 2 is 1.94 bits per heavy atom. The summed E-state index contributed by atoms with van der Waals surface area (Å²) in [6, 6.07) is 2.62. The minimum atomic E-state index is -0.908. The number of halogens is 2. The van der Waals surface area contributed by atoms with E-state index in [-0.39, 0.29) is 35.4 Å². The molecule has 1 aromatic heterocycles. The van der Waals surface area contributed by atoms with E-state index < -0.39 is 34.6 Å². The second-order valence-electron chi connectivity index (χ2n) is 9.07.